The maximum absolute atomic E-state index is 14.5. The summed E-state index contributed by atoms with van der Waals surface area (Å²) < 4.78 is 22.3. The highest BCUT2D eigenvalue weighted by Gasteiger charge is 2.55. The first kappa shape index (κ1) is 46.1. The van der Waals surface area contributed by atoms with E-state index >= 15 is 0 Å². The molecule has 23 heteroatoms. The second-order valence-electron chi connectivity index (χ2n) is 13.7. The van der Waals surface area contributed by atoms with Crippen LogP contribution in [0.4, 0.5) is 6.01 Å². The van der Waals surface area contributed by atoms with Gasteiger partial charge in [0, 0.05) is 25.4 Å². The van der Waals surface area contributed by atoms with Gasteiger partial charge in [0.15, 0.2) is 27.7 Å². The fourth-order valence-electron chi connectivity index (χ4n) is 6.27. The summed E-state index contributed by atoms with van der Waals surface area (Å²) in [6.45, 7) is 4.04. The van der Waals surface area contributed by atoms with Crippen molar-refractivity contribution in [1.29, 1.82) is 0 Å². The number of nitrogens with zero attached hydrogens (tertiary/aromatic N) is 5. The second-order valence-corrected chi connectivity index (χ2v) is 17.5. The summed E-state index contributed by atoms with van der Waals surface area (Å²) in [5, 5.41) is 16.8. The number of benzene rings is 3. The monoisotopic (exact) mass is 959 g/mol. The Morgan fingerprint density at radius 3 is 2.25 bits per heavy atom. The van der Waals surface area contributed by atoms with Crippen LogP contribution in [-0.2, 0) is 38.3 Å². The number of alkyl halides is 1. The minimum absolute atomic E-state index is 0.0155. The van der Waals surface area contributed by atoms with Gasteiger partial charge in [-0.3, -0.25) is 34.2 Å². The molecule has 0 spiro atoms. The molecule has 1 saturated heterocycles. The Morgan fingerprint density at radius 2 is 1.62 bits per heavy atom. The van der Waals surface area contributed by atoms with Crippen molar-refractivity contribution in [2.45, 2.75) is 42.6 Å². The quantitative estimate of drug-likeness (QED) is 0.0188. The fourth-order valence-corrected chi connectivity index (χ4v) is 9.64. The van der Waals surface area contributed by atoms with Crippen molar-refractivity contribution in [3.8, 4) is 11.5 Å². The molecule has 2 aliphatic heterocycles. The lowest BCUT2D eigenvalue weighted by Gasteiger charge is -2.49. The van der Waals surface area contributed by atoms with Gasteiger partial charge in [0.25, 0.3) is 11.8 Å². The number of amides is 3. The van der Waals surface area contributed by atoms with Gasteiger partial charge in [0.2, 0.25) is 5.91 Å². The molecule has 0 saturated carbocycles. The number of nitrogens with one attached hydrogen (secondary N) is 2. The third-order valence-electron chi connectivity index (χ3n) is 9.07. The molecular weight excluding hydrogens is 926 g/mol. The average Bonchev–Trinajstić information content (AvgIpc) is 3.94. The van der Waals surface area contributed by atoms with Crippen LogP contribution in [0.1, 0.15) is 52.1 Å². The Balaban J connectivity index is 1.16. The van der Waals surface area contributed by atoms with E-state index in [9.17, 15) is 33.6 Å². The minimum Gasteiger partial charge on any atom is -0.448 e. The van der Waals surface area contributed by atoms with Crippen LogP contribution in [0.5, 0.6) is 11.5 Å². The summed E-state index contributed by atoms with van der Waals surface area (Å²) in [6.07, 6.45) is 0.101. The predicted molar refractivity (Wildman–Crippen MR) is 235 cm³/mol. The summed E-state index contributed by atoms with van der Waals surface area (Å²) in [4.78, 5) is 102. The van der Waals surface area contributed by atoms with Gasteiger partial charge in [-0.2, -0.15) is 4.98 Å². The molecule has 2 atom stereocenters. The molecule has 65 heavy (non-hydrogen) atoms. The number of carbonyl (C=O) groups is 7. The molecule has 3 aromatic carbocycles. The molecule has 0 aliphatic carbocycles. The summed E-state index contributed by atoms with van der Waals surface area (Å²) in [7, 11) is 0. The zero-order valence-corrected chi connectivity index (χ0v) is 37.4. The highest BCUT2D eigenvalue weighted by molar-refractivity contribution is 8.01. The van der Waals surface area contributed by atoms with Crippen molar-refractivity contribution >= 4 is 99.8 Å². The molecule has 7 rings (SSSR count). The summed E-state index contributed by atoms with van der Waals surface area (Å²) in [5.41, 5.74) is 0.741. The van der Waals surface area contributed by atoms with E-state index in [4.69, 9.17) is 35.1 Å². The fraction of sp³-hybridized carbons (Fsp3) is 0.214. The SMILES string of the molecule is CC(=O)Oc1ccc(C(=O)ON=C(C(=O)N[C@@H]2C(=O)N3C(C(=O)OC(c4ccccc4)c4ccccc4)=C(CSc4nnc(C)s4)CS[C@@H]23)c2coc(NC(=O)CCl)n2)cc1OC(C)=O. The molecule has 334 valence electrons. The predicted octanol–water partition coefficient (Wildman–Crippen LogP) is 5.20. The van der Waals surface area contributed by atoms with Gasteiger partial charge in [-0.1, -0.05) is 88.9 Å². The van der Waals surface area contributed by atoms with E-state index in [-0.39, 0.29) is 46.0 Å². The number of β-lactam (4-membered cyclic amide) rings is 1. The number of oxime groups is 1. The molecule has 4 heterocycles. The average molecular weight is 960 g/mol. The number of fused-ring (bicyclic) bond motifs is 1. The van der Waals surface area contributed by atoms with E-state index in [1.54, 1.807) is 0 Å². The molecule has 2 N–H and O–H groups in total. The van der Waals surface area contributed by atoms with Crippen molar-refractivity contribution in [3.63, 3.8) is 0 Å². The maximum Gasteiger partial charge on any atom is 0.365 e. The van der Waals surface area contributed by atoms with Crippen LogP contribution in [0.3, 0.4) is 0 Å². The van der Waals surface area contributed by atoms with Crippen LogP contribution in [0.2, 0.25) is 0 Å². The molecule has 0 unspecified atom stereocenters. The van der Waals surface area contributed by atoms with Gasteiger partial charge < -0.3 is 28.8 Å². The third-order valence-corrected chi connectivity index (χ3v) is 12.7. The van der Waals surface area contributed by atoms with Crippen molar-refractivity contribution in [1.82, 2.24) is 25.4 Å². The van der Waals surface area contributed by atoms with Gasteiger partial charge in [-0.25, -0.2) is 9.59 Å². The van der Waals surface area contributed by atoms with Crippen molar-refractivity contribution < 1.29 is 57.0 Å². The highest BCUT2D eigenvalue weighted by Crippen LogP contribution is 2.43. The molecule has 1 fully saturated rings. The lowest BCUT2D eigenvalue weighted by molar-refractivity contribution is -0.154. The van der Waals surface area contributed by atoms with Crippen LogP contribution >= 0.6 is 46.5 Å². The number of esters is 3. The topological polar surface area (TPSA) is 248 Å². The van der Waals surface area contributed by atoms with Crippen molar-refractivity contribution in [3.05, 3.63) is 124 Å². The molecular formula is C42H34ClN7O12S3. The lowest BCUT2D eigenvalue weighted by Crippen LogP contribution is -2.71. The number of aromatic nitrogens is 3. The first-order valence-corrected chi connectivity index (χ1v) is 22.5. The molecule has 0 bridgehead atoms. The van der Waals surface area contributed by atoms with Gasteiger partial charge in [0.05, 0.1) is 5.56 Å². The van der Waals surface area contributed by atoms with Crippen molar-refractivity contribution in [2.24, 2.45) is 5.16 Å². The largest absolute Gasteiger partial charge is 0.448 e. The first-order chi connectivity index (χ1) is 31.3. The number of ether oxygens (including phenoxy) is 3. The Labute approximate surface area is 386 Å². The van der Waals surface area contributed by atoms with E-state index in [1.807, 2.05) is 67.6 Å². The number of rotatable bonds is 16. The Kier molecular flexibility index (Phi) is 14.7. The standard InChI is InChI=1S/C42H34ClN7O12S3/c1-21-47-48-42(65-21)64-20-27-19-63-38-33(37(55)50(38)34(27)40(57)61-35(24-10-6-4-7-11-24)25-12-8-5-9-13-25)46-36(54)32(28-18-58-41(44-28)45-31(53)17-43)49-62-39(56)26-14-15-29(59-22(2)51)30(16-26)60-23(3)52/h4-16,18,33,35,38H,17,19-20H2,1-3H3,(H,46,54)(H,44,45,53)/t33-,38+/m1/s1. The summed E-state index contributed by atoms with van der Waals surface area (Å²) in [6, 6.07) is 20.1. The molecule has 0 radical (unpaired) electrons. The van der Waals surface area contributed by atoms with Crippen LogP contribution in [0.15, 0.2) is 110 Å². The zero-order valence-electron chi connectivity index (χ0n) is 34.2. The highest BCUT2D eigenvalue weighted by atomic mass is 35.5. The van der Waals surface area contributed by atoms with Crippen molar-refractivity contribution in [2.75, 3.05) is 22.7 Å². The number of oxazole rings is 1. The Hall–Kier alpha value is -6.88. The molecule has 19 nitrogen and oxygen atoms in total. The van der Waals surface area contributed by atoms with Gasteiger partial charge in [-0.15, -0.1) is 33.6 Å². The van der Waals surface area contributed by atoms with Gasteiger partial charge >= 0.3 is 29.9 Å². The number of aryl methyl sites for hydroxylation is 1. The van der Waals surface area contributed by atoms with E-state index in [1.165, 1.54) is 51.9 Å². The second kappa shape index (κ2) is 20.7. The van der Waals surface area contributed by atoms with Crippen LogP contribution < -0.4 is 20.1 Å². The lowest BCUT2D eigenvalue weighted by atomic mass is 10.0. The third kappa shape index (κ3) is 11.1. The minimum atomic E-state index is -1.24. The van der Waals surface area contributed by atoms with Crippen LogP contribution in [0.25, 0.3) is 0 Å². The zero-order chi connectivity index (χ0) is 46.2. The maximum atomic E-state index is 14.5. The Morgan fingerprint density at radius 1 is 0.938 bits per heavy atom. The smallest absolute Gasteiger partial charge is 0.365 e. The van der Waals surface area contributed by atoms with Crippen LogP contribution in [0, 0.1) is 6.92 Å². The van der Waals surface area contributed by atoms with E-state index < -0.39 is 70.7 Å². The number of anilines is 1. The summed E-state index contributed by atoms with van der Waals surface area (Å²) in [5.74, 6) is -6.25. The molecule has 3 amide bonds. The van der Waals surface area contributed by atoms with Gasteiger partial charge in [-0.05, 0) is 41.8 Å². The number of hydrogen-bond acceptors (Lipinski definition) is 19. The van der Waals surface area contributed by atoms with Gasteiger partial charge in [0.1, 0.15) is 40.0 Å². The van der Waals surface area contributed by atoms with E-state index in [0.717, 1.165) is 31.2 Å². The number of hydrogen-bond donors (Lipinski definition) is 2. The molecule has 5 aromatic rings. The Bertz CT molecular complexity index is 2690. The first-order valence-electron chi connectivity index (χ1n) is 19.1. The van der Waals surface area contributed by atoms with E-state index in [0.29, 0.717) is 21.0 Å². The number of halogens is 1. The summed E-state index contributed by atoms with van der Waals surface area (Å²) >= 11 is 9.62. The normalized spacial score (nSPS) is 15.7. The van der Waals surface area contributed by atoms with E-state index in [2.05, 4.69) is 31.0 Å². The number of thioether (sulfide) groups is 2. The number of carbonyl (C=O) groups excluding carboxylic acids is 7. The molecule has 2 aromatic heterocycles. The molecule has 2 aliphatic rings. The van der Waals surface area contributed by atoms with Crippen LogP contribution in [-0.4, -0.2) is 96.2 Å².